The molecule has 0 bridgehead atoms. The maximum Gasteiger partial charge on any atom is 0.132 e. The number of hydrogen-bond acceptors (Lipinski definition) is 6. The van der Waals surface area contributed by atoms with Crippen LogP contribution < -0.4 is 15.0 Å². The third-order valence-corrected chi connectivity index (χ3v) is 4.50. The van der Waals surface area contributed by atoms with E-state index < -0.39 is 0 Å². The fourth-order valence-corrected chi connectivity index (χ4v) is 3.33. The van der Waals surface area contributed by atoms with Gasteiger partial charge in [-0.1, -0.05) is 0 Å². The van der Waals surface area contributed by atoms with Crippen LogP contribution in [-0.4, -0.2) is 51.9 Å². The molecular formula is C19H24N6O. The highest BCUT2D eigenvalue weighted by Crippen LogP contribution is 2.29. The first-order valence-electron chi connectivity index (χ1n) is 9.05. The fraction of sp³-hybridized carbons (Fsp3) is 0.421. The average molecular weight is 352 g/mol. The third kappa shape index (κ3) is 3.35. The first-order valence-corrected chi connectivity index (χ1v) is 9.05. The zero-order chi connectivity index (χ0) is 18.1. The lowest BCUT2D eigenvalue weighted by molar-refractivity contribution is 0.243. The van der Waals surface area contributed by atoms with Gasteiger partial charge >= 0.3 is 0 Å². The van der Waals surface area contributed by atoms with Gasteiger partial charge in [0, 0.05) is 37.1 Å². The lowest BCUT2D eigenvalue weighted by Gasteiger charge is -2.32. The van der Waals surface area contributed by atoms with Crippen LogP contribution in [0.1, 0.15) is 20.8 Å². The standard InChI is InChI=1S/C19H24N6O/c1-12(2)26-14-4-5-16-15(8-14)19(24-23-16)17-9-18(22-11-21-17)25-7-6-20-13(3)10-25/h4-5,8-9,11-13,20H,6-7,10H2,1-3H3,(H,23,24). The SMILES string of the molecule is CC1CN(c2cc(-c3[nH]nc4ccc(OC(C)C)cc34)ncn2)CCN1. The zero-order valence-corrected chi connectivity index (χ0v) is 15.4. The van der Waals surface area contributed by atoms with Crippen molar-refractivity contribution in [2.45, 2.75) is 32.9 Å². The molecule has 1 unspecified atom stereocenters. The maximum absolute atomic E-state index is 5.82. The van der Waals surface area contributed by atoms with Crippen LogP contribution >= 0.6 is 0 Å². The lowest BCUT2D eigenvalue weighted by Crippen LogP contribution is -2.49. The molecule has 7 nitrogen and oxygen atoms in total. The van der Waals surface area contributed by atoms with Crippen LogP contribution in [0.15, 0.2) is 30.6 Å². The van der Waals surface area contributed by atoms with Crippen LogP contribution in [0.25, 0.3) is 22.3 Å². The molecule has 1 atom stereocenters. The van der Waals surface area contributed by atoms with Crippen LogP contribution in [0.4, 0.5) is 5.82 Å². The molecule has 0 spiro atoms. The van der Waals surface area contributed by atoms with Gasteiger partial charge in [0.15, 0.2) is 0 Å². The largest absolute Gasteiger partial charge is 0.491 e. The molecule has 3 aromatic rings. The number of fused-ring (bicyclic) bond motifs is 1. The summed E-state index contributed by atoms with van der Waals surface area (Å²) < 4.78 is 5.82. The smallest absolute Gasteiger partial charge is 0.132 e. The number of rotatable bonds is 4. The highest BCUT2D eigenvalue weighted by molar-refractivity contribution is 5.93. The molecule has 0 radical (unpaired) electrons. The molecule has 136 valence electrons. The first kappa shape index (κ1) is 16.8. The summed E-state index contributed by atoms with van der Waals surface area (Å²) in [4.78, 5) is 11.2. The molecule has 3 heterocycles. The second-order valence-corrected chi connectivity index (χ2v) is 7.01. The van der Waals surface area contributed by atoms with E-state index in [1.54, 1.807) is 6.33 Å². The van der Waals surface area contributed by atoms with Gasteiger partial charge in [-0.25, -0.2) is 9.97 Å². The van der Waals surface area contributed by atoms with Crippen molar-refractivity contribution in [3.8, 4) is 17.1 Å². The number of aromatic nitrogens is 4. The predicted octanol–water partition coefficient (Wildman–Crippen LogP) is 2.61. The van der Waals surface area contributed by atoms with Crippen LogP contribution in [0.5, 0.6) is 5.75 Å². The van der Waals surface area contributed by atoms with Crippen molar-refractivity contribution in [3.63, 3.8) is 0 Å². The quantitative estimate of drug-likeness (QED) is 0.751. The van der Waals surface area contributed by atoms with E-state index >= 15 is 0 Å². The van der Waals surface area contributed by atoms with Crippen LogP contribution in [-0.2, 0) is 0 Å². The Balaban J connectivity index is 1.70. The van der Waals surface area contributed by atoms with Gasteiger partial charge in [-0.2, -0.15) is 5.10 Å². The summed E-state index contributed by atoms with van der Waals surface area (Å²) in [6.07, 6.45) is 1.75. The Hall–Kier alpha value is -2.67. The lowest BCUT2D eigenvalue weighted by atomic mass is 10.1. The van der Waals surface area contributed by atoms with E-state index in [4.69, 9.17) is 4.74 Å². The second kappa shape index (κ2) is 6.92. The molecule has 0 saturated carbocycles. The van der Waals surface area contributed by atoms with Gasteiger partial charge in [0.05, 0.1) is 23.0 Å². The predicted molar refractivity (Wildman–Crippen MR) is 103 cm³/mol. The number of aromatic amines is 1. The number of nitrogens with zero attached hydrogens (tertiary/aromatic N) is 4. The minimum atomic E-state index is 0.128. The Bertz CT molecular complexity index is 906. The topological polar surface area (TPSA) is 79.0 Å². The number of piperazine rings is 1. The summed E-state index contributed by atoms with van der Waals surface area (Å²) in [7, 11) is 0. The monoisotopic (exact) mass is 352 g/mol. The molecule has 1 aromatic carbocycles. The molecular weight excluding hydrogens is 328 g/mol. The van der Waals surface area contributed by atoms with E-state index in [1.807, 2.05) is 38.1 Å². The normalized spacial score (nSPS) is 17.8. The van der Waals surface area contributed by atoms with E-state index in [2.05, 4.69) is 37.3 Å². The summed E-state index contributed by atoms with van der Waals surface area (Å²) in [6.45, 7) is 9.07. The molecule has 2 aromatic heterocycles. The molecule has 2 N–H and O–H groups in total. The van der Waals surface area contributed by atoms with Crippen molar-refractivity contribution in [1.29, 1.82) is 0 Å². The van der Waals surface area contributed by atoms with Gasteiger partial charge in [0.25, 0.3) is 0 Å². The Kier molecular flexibility index (Phi) is 4.46. The van der Waals surface area contributed by atoms with E-state index in [-0.39, 0.29) is 6.10 Å². The van der Waals surface area contributed by atoms with Crippen molar-refractivity contribution >= 4 is 16.7 Å². The van der Waals surface area contributed by atoms with Gasteiger partial charge in [-0.15, -0.1) is 0 Å². The molecule has 1 aliphatic heterocycles. The molecule has 4 rings (SSSR count). The number of nitrogens with one attached hydrogen (secondary N) is 2. The van der Waals surface area contributed by atoms with Crippen LogP contribution in [0.3, 0.4) is 0 Å². The van der Waals surface area contributed by atoms with Crippen molar-refractivity contribution in [2.75, 3.05) is 24.5 Å². The molecule has 0 aliphatic carbocycles. The molecule has 26 heavy (non-hydrogen) atoms. The number of H-pyrrole nitrogens is 1. The van der Waals surface area contributed by atoms with E-state index in [1.165, 1.54) is 0 Å². The number of hydrogen-bond donors (Lipinski definition) is 2. The molecule has 7 heteroatoms. The highest BCUT2D eigenvalue weighted by Gasteiger charge is 2.18. The minimum Gasteiger partial charge on any atom is -0.491 e. The van der Waals surface area contributed by atoms with Crippen LogP contribution in [0, 0.1) is 0 Å². The number of anilines is 1. The van der Waals surface area contributed by atoms with Gasteiger partial charge in [-0.3, -0.25) is 5.10 Å². The van der Waals surface area contributed by atoms with Crippen molar-refractivity contribution in [1.82, 2.24) is 25.5 Å². The van der Waals surface area contributed by atoms with Crippen molar-refractivity contribution in [3.05, 3.63) is 30.6 Å². The van der Waals surface area contributed by atoms with Gasteiger partial charge in [0.1, 0.15) is 17.9 Å². The highest BCUT2D eigenvalue weighted by atomic mass is 16.5. The fourth-order valence-electron chi connectivity index (χ4n) is 3.33. The summed E-state index contributed by atoms with van der Waals surface area (Å²) in [5.74, 6) is 1.78. The average Bonchev–Trinajstić information content (AvgIpc) is 3.04. The molecule has 0 amide bonds. The maximum atomic E-state index is 5.82. The van der Waals surface area contributed by atoms with E-state index in [0.717, 1.165) is 53.5 Å². The van der Waals surface area contributed by atoms with Gasteiger partial charge < -0.3 is 15.0 Å². The molecule has 1 saturated heterocycles. The number of ether oxygens (including phenoxy) is 1. The molecule has 1 aliphatic rings. The second-order valence-electron chi connectivity index (χ2n) is 7.01. The Labute approximate surface area is 152 Å². The summed E-state index contributed by atoms with van der Waals surface area (Å²) >= 11 is 0. The van der Waals surface area contributed by atoms with E-state index in [0.29, 0.717) is 6.04 Å². The summed E-state index contributed by atoms with van der Waals surface area (Å²) in [5.41, 5.74) is 2.62. The number of benzene rings is 1. The van der Waals surface area contributed by atoms with Crippen molar-refractivity contribution in [2.24, 2.45) is 0 Å². The van der Waals surface area contributed by atoms with E-state index in [9.17, 15) is 0 Å². The third-order valence-electron chi connectivity index (χ3n) is 4.50. The Morgan fingerprint density at radius 2 is 2.12 bits per heavy atom. The van der Waals surface area contributed by atoms with Gasteiger partial charge in [0.2, 0.25) is 0 Å². The van der Waals surface area contributed by atoms with Crippen molar-refractivity contribution < 1.29 is 4.74 Å². The minimum absolute atomic E-state index is 0.128. The molecule has 1 fully saturated rings. The summed E-state index contributed by atoms with van der Waals surface area (Å²) in [6, 6.07) is 8.41. The summed E-state index contributed by atoms with van der Waals surface area (Å²) in [5, 5.41) is 12.0. The Morgan fingerprint density at radius 3 is 2.92 bits per heavy atom. The van der Waals surface area contributed by atoms with Crippen LogP contribution in [0.2, 0.25) is 0 Å². The zero-order valence-electron chi connectivity index (χ0n) is 15.4. The van der Waals surface area contributed by atoms with Gasteiger partial charge in [-0.05, 0) is 39.0 Å². The Morgan fingerprint density at radius 1 is 1.23 bits per heavy atom. The first-order chi connectivity index (χ1) is 12.6.